The van der Waals surface area contributed by atoms with Gasteiger partial charge in [-0.2, -0.15) is 5.10 Å². The summed E-state index contributed by atoms with van der Waals surface area (Å²) >= 11 is 3.38. The number of carbonyl (C=O) groups excluding carboxylic acids is 1. The fourth-order valence-electron chi connectivity index (χ4n) is 1.95. The van der Waals surface area contributed by atoms with E-state index in [1.807, 2.05) is 0 Å². The Balaban J connectivity index is 1.72. The molecular formula is C15H11BrN2O4. The van der Waals surface area contributed by atoms with Crippen LogP contribution in [0.15, 0.2) is 46.0 Å². The molecule has 112 valence electrons. The van der Waals surface area contributed by atoms with Crippen LogP contribution in [0.1, 0.15) is 15.9 Å². The van der Waals surface area contributed by atoms with Crippen molar-refractivity contribution in [3.63, 3.8) is 0 Å². The normalized spacial score (nSPS) is 12.6. The van der Waals surface area contributed by atoms with Gasteiger partial charge in [-0.25, -0.2) is 5.43 Å². The number of rotatable bonds is 3. The second-order valence-corrected chi connectivity index (χ2v) is 5.31. The van der Waals surface area contributed by atoms with Gasteiger partial charge in [0.25, 0.3) is 5.91 Å². The van der Waals surface area contributed by atoms with E-state index in [0.717, 1.165) is 10.0 Å². The zero-order valence-corrected chi connectivity index (χ0v) is 12.8. The maximum Gasteiger partial charge on any atom is 0.275 e. The number of nitrogens with zero attached hydrogens (tertiary/aromatic N) is 1. The molecule has 0 aromatic heterocycles. The molecule has 22 heavy (non-hydrogen) atoms. The second-order valence-electron chi connectivity index (χ2n) is 4.45. The number of phenols is 1. The van der Waals surface area contributed by atoms with Gasteiger partial charge in [0.2, 0.25) is 6.79 Å². The number of carbonyl (C=O) groups is 1. The first kappa shape index (κ1) is 14.4. The molecule has 1 aliphatic heterocycles. The molecule has 0 saturated carbocycles. The van der Waals surface area contributed by atoms with Gasteiger partial charge in [-0.1, -0.05) is 12.1 Å². The lowest BCUT2D eigenvalue weighted by molar-refractivity contribution is 0.0952. The predicted octanol–water partition coefficient (Wildman–Crippen LogP) is 2.65. The Hall–Kier alpha value is -2.54. The molecule has 0 aliphatic carbocycles. The third-order valence-electron chi connectivity index (χ3n) is 2.98. The fourth-order valence-corrected chi connectivity index (χ4v) is 2.53. The number of hydrogen-bond acceptors (Lipinski definition) is 5. The molecule has 2 N–H and O–H groups in total. The number of nitrogens with one attached hydrogen (secondary N) is 1. The van der Waals surface area contributed by atoms with Crippen molar-refractivity contribution in [1.82, 2.24) is 5.43 Å². The summed E-state index contributed by atoms with van der Waals surface area (Å²) in [5.41, 5.74) is 3.25. The molecule has 2 aromatic rings. The maximum absolute atomic E-state index is 11.9. The molecule has 0 spiro atoms. The molecule has 6 nitrogen and oxygen atoms in total. The maximum atomic E-state index is 11.9. The van der Waals surface area contributed by atoms with Crippen LogP contribution in [0, 0.1) is 0 Å². The van der Waals surface area contributed by atoms with E-state index < -0.39 is 5.91 Å². The monoisotopic (exact) mass is 362 g/mol. The first-order valence-corrected chi connectivity index (χ1v) is 7.15. The first-order chi connectivity index (χ1) is 10.6. The van der Waals surface area contributed by atoms with Gasteiger partial charge in [0.15, 0.2) is 11.5 Å². The molecule has 0 unspecified atom stereocenters. The summed E-state index contributed by atoms with van der Waals surface area (Å²) in [4.78, 5) is 11.9. The Bertz CT molecular complexity index is 761. The number of benzene rings is 2. The van der Waals surface area contributed by atoms with Gasteiger partial charge in [0.1, 0.15) is 5.75 Å². The number of amides is 1. The standard InChI is InChI=1S/C15H11BrN2O4/c16-11-5-9(6-13-14(11)22-8-21-13)7-17-18-15(20)10-3-1-2-4-12(10)19/h1-7,19H,8H2,(H,18,20)/b17-7-. The van der Waals surface area contributed by atoms with Crippen molar-refractivity contribution in [3.8, 4) is 17.2 Å². The Kier molecular flexibility index (Phi) is 3.97. The quantitative estimate of drug-likeness (QED) is 0.649. The Morgan fingerprint density at radius 2 is 2.14 bits per heavy atom. The van der Waals surface area contributed by atoms with Crippen LogP contribution in [0.2, 0.25) is 0 Å². The van der Waals surface area contributed by atoms with Crippen molar-refractivity contribution in [2.24, 2.45) is 5.10 Å². The van der Waals surface area contributed by atoms with Crippen LogP contribution in [0.5, 0.6) is 17.2 Å². The highest BCUT2D eigenvalue weighted by Crippen LogP contribution is 2.39. The summed E-state index contributed by atoms with van der Waals surface area (Å²) in [7, 11) is 0. The predicted molar refractivity (Wildman–Crippen MR) is 83.4 cm³/mol. The number of para-hydroxylation sites is 1. The summed E-state index contributed by atoms with van der Waals surface area (Å²) in [6.07, 6.45) is 1.48. The molecule has 0 bridgehead atoms. The molecule has 3 rings (SSSR count). The van der Waals surface area contributed by atoms with Crippen LogP contribution >= 0.6 is 15.9 Å². The number of hydrazone groups is 1. The van der Waals surface area contributed by atoms with E-state index in [4.69, 9.17) is 9.47 Å². The molecule has 0 radical (unpaired) electrons. The van der Waals surface area contributed by atoms with E-state index >= 15 is 0 Å². The van der Waals surface area contributed by atoms with Crippen molar-refractivity contribution in [2.75, 3.05) is 6.79 Å². The number of phenolic OH excluding ortho intramolecular Hbond substituents is 1. The topological polar surface area (TPSA) is 80.2 Å². The van der Waals surface area contributed by atoms with Gasteiger partial charge < -0.3 is 14.6 Å². The van der Waals surface area contributed by atoms with Crippen LogP contribution in [0.4, 0.5) is 0 Å². The van der Waals surface area contributed by atoms with Crippen molar-refractivity contribution < 1.29 is 19.4 Å². The lowest BCUT2D eigenvalue weighted by Gasteiger charge is -2.03. The molecule has 0 atom stereocenters. The minimum absolute atomic E-state index is 0.0963. The summed E-state index contributed by atoms with van der Waals surface area (Å²) < 4.78 is 11.3. The summed E-state index contributed by atoms with van der Waals surface area (Å²) in [6.45, 7) is 0.179. The molecule has 1 heterocycles. The van der Waals surface area contributed by atoms with Crippen LogP contribution in [-0.4, -0.2) is 24.0 Å². The largest absolute Gasteiger partial charge is 0.507 e. The van der Waals surface area contributed by atoms with Crippen LogP contribution in [0.3, 0.4) is 0 Å². The van der Waals surface area contributed by atoms with E-state index in [-0.39, 0.29) is 18.1 Å². The van der Waals surface area contributed by atoms with Crippen molar-refractivity contribution >= 4 is 28.1 Å². The summed E-state index contributed by atoms with van der Waals surface area (Å²) in [5.74, 6) is 0.674. The Morgan fingerprint density at radius 1 is 1.32 bits per heavy atom. The Labute approximate surface area is 134 Å². The number of hydrogen-bond donors (Lipinski definition) is 2. The lowest BCUT2D eigenvalue weighted by Crippen LogP contribution is -2.17. The van der Waals surface area contributed by atoms with Gasteiger partial charge >= 0.3 is 0 Å². The highest BCUT2D eigenvalue weighted by Gasteiger charge is 2.17. The second kappa shape index (κ2) is 6.07. The van der Waals surface area contributed by atoms with E-state index in [0.29, 0.717) is 11.5 Å². The van der Waals surface area contributed by atoms with Crippen LogP contribution in [-0.2, 0) is 0 Å². The molecule has 1 amide bonds. The van der Waals surface area contributed by atoms with E-state index in [1.165, 1.54) is 18.3 Å². The molecular weight excluding hydrogens is 352 g/mol. The average molecular weight is 363 g/mol. The van der Waals surface area contributed by atoms with Gasteiger partial charge in [-0.05, 0) is 45.8 Å². The van der Waals surface area contributed by atoms with Crippen molar-refractivity contribution in [1.29, 1.82) is 0 Å². The highest BCUT2D eigenvalue weighted by molar-refractivity contribution is 9.10. The zero-order valence-electron chi connectivity index (χ0n) is 11.2. The number of aromatic hydroxyl groups is 1. The third kappa shape index (κ3) is 2.89. The first-order valence-electron chi connectivity index (χ1n) is 6.35. The van der Waals surface area contributed by atoms with E-state index in [9.17, 15) is 9.90 Å². The molecule has 0 fully saturated rings. The number of ether oxygens (including phenoxy) is 2. The Morgan fingerprint density at radius 3 is 2.95 bits per heavy atom. The minimum Gasteiger partial charge on any atom is -0.507 e. The fraction of sp³-hybridized carbons (Fsp3) is 0.0667. The summed E-state index contributed by atoms with van der Waals surface area (Å²) in [5, 5.41) is 13.5. The zero-order chi connectivity index (χ0) is 15.5. The van der Waals surface area contributed by atoms with Crippen LogP contribution < -0.4 is 14.9 Å². The van der Waals surface area contributed by atoms with Crippen molar-refractivity contribution in [3.05, 3.63) is 52.0 Å². The summed E-state index contributed by atoms with van der Waals surface area (Å²) in [6, 6.07) is 9.80. The number of halogens is 1. The van der Waals surface area contributed by atoms with Crippen LogP contribution in [0.25, 0.3) is 0 Å². The van der Waals surface area contributed by atoms with E-state index in [1.54, 1.807) is 24.3 Å². The molecule has 7 heteroatoms. The highest BCUT2D eigenvalue weighted by atomic mass is 79.9. The molecule has 2 aromatic carbocycles. The average Bonchev–Trinajstić information content (AvgIpc) is 2.96. The third-order valence-corrected chi connectivity index (χ3v) is 3.57. The van der Waals surface area contributed by atoms with Gasteiger partial charge in [-0.3, -0.25) is 4.79 Å². The van der Waals surface area contributed by atoms with Gasteiger partial charge in [-0.15, -0.1) is 0 Å². The van der Waals surface area contributed by atoms with Crippen molar-refractivity contribution in [2.45, 2.75) is 0 Å². The smallest absolute Gasteiger partial charge is 0.275 e. The molecule has 0 saturated heterocycles. The molecule has 1 aliphatic rings. The number of fused-ring (bicyclic) bond motifs is 1. The lowest BCUT2D eigenvalue weighted by atomic mass is 10.2. The van der Waals surface area contributed by atoms with E-state index in [2.05, 4.69) is 26.5 Å². The van der Waals surface area contributed by atoms with Gasteiger partial charge in [0.05, 0.1) is 16.3 Å². The SMILES string of the molecule is O=C(N/N=C\c1cc(Br)c2c(c1)OCO2)c1ccccc1O. The minimum atomic E-state index is -0.492. The van der Waals surface area contributed by atoms with Gasteiger partial charge in [0, 0.05) is 0 Å².